The van der Waals surface area contributed by atoms with Crippen molar-refractivity contribution in [1.29, 1.82) is 0 Å². The van der Waals surface area contributed by atoms with Crippen molar-refractivity contribution >= 4 is 18.3 Å². The molecule has 0 bridgehead atoms. The first-order valence-electron chi connectivity index (χ1n) is 9.26. The molecular weight excluding hydrogens is 320 g/mol. The lowest BCUT2D eigenvalue weighted by Gasteiger charge is -2.38. The van der Waals surface area contributed by atoms with Crippen molar-refractivity contribution in [3.63, 3.8) is 0 Å². The summed E-state index contributed by atoms with van der Waals surface area (Å²) in [5.41, 5.74) is 7.16. The van der Waals surface area contributed by atoms with E-state index in [2.05, 4.69) is 36.1 Å². The Balaban J connectivity index is 0.00000208. The molecular formula is C20H31ClN2O. The highest BCUT2D eigenvalue weighted by atomic mass is 35.5. The Morgan fingerprint density at radius 1 is 1.17 bits per heavy atom. The highest BCUT2D eigenvalue weighted by Gasteiger charge is 2.37. The van der Waals surface area contributed by atoms with E-state index < -0.39 is 0 Å². The first kappa shape index (κ1) is 19.3. The fourth-order valence-electron chi connectivity index (χ4n) is 4.16. The number of hydrogen-bond acceptors (Lipinski definition) is 2. The van der Waals surface area contributed by atoms with Gasteiger partial charge in [0.25, 0.3) is 0 Å². The Labute approximate surface area is 152 Å². The minimum Gasteiger partial charge on any atom is -0.335 e. The van der Waals surface area contributed by atoms with Gasteiger partial charge in [0.1, 0.15) is 0 Å². The van der Waals surface area contributed by atoms with Gasteiger partial charge in [0.2, 0.25) is 5.91 Å². The van der Waals surface area contributed by atoms with Crippen LogP contribution in [0.4, 0.5) is 0 Å². The summed E-state index contributed by atoms with van der Waals surface area (Å²) in [7, 11) is 0. The largest absolute Gasteiger partial charge is 0.335 e. The molecule has 1 unspecified atom stereocenters. The third-order valence-electron chi connectivity index (χ3n) is 5.99. The van der Waals surface area contributed by atoms with Gasteiger partial charge in [-0.1, -0.05) is 43.2 Å². The number of nitrogens with zero attached hydrogens (tertiary/aromatic N) is 1. The maximum Gasteiger partial charge on any atom is 0.226 e. The standard InChI is InChI=1S/C20H30N2O.ClH/c1-15(17-9-3-2-4-10-17)22(14-16-7-5-8-16)20(23)19-12-6-11-18(19)13-21;/h2-4,9-10,15-16,18-19H,5-8,11-14,21H2,1H3;1H/t15?,18-,19-;/m1./s1. The molecule has 2 fully saturated rings. The summed E-state index contributed by atoms with van der Waals surface area (Å²) in [6, 6.07) is 10.6. The van der Waals surface area contributed by atoms with E-state index in [-0.39, 0.29) is 24.4 Å². The van der Waals surface area contributed by atoms with E-state index in [1.165, 1.54) is 24.8 Å². The van der Waals surface area contributed by atoms with Crippen LogP contribution in [0.3, 0.4) is 0 Å². The summed E-state index contributed by atoms with van der Waals surface area (Å²) in [5, 5.41) is 0. The Kier molecular flexibility index (Phi) is 7.12. The molecule has 2 aliphatic rings. The molecule has 2 N–H and O–H groups in total. The predicted molar refractivity (Wildman–Crippen MR) is 101 cm³/mol. The quantitative estimate of drug-likeness (QED) is 0.836. The molecule has 3 atom stereocenters. The fourth-order valence-corrected chi connectivity index (χ4v) is 4.16. The molecule has 1 aromatic carbocycles. The minimum atomic E-state index is 0. The van der Waals surface area contributed by atoms with Gasteiger partial charge in [-0.05, 0) is 56.6 Å². The van der Waals surface area contributed by atoms with Gasteiger partial charge < -0.3 is 10.6 Å². The van der Waals surface area contributed by atoms with Crippen LogP contribution in [0.2, 0.25) is 0 Å². The first-order valence-corrected chi connectivity index (χ1v) is 9.26. The lowest BCUT2D eigenvalue weighted by Crippen LogP contribution is -2.44. The van der Waals surface area contributed by atoms with Crippen molar-refractivity contribution in [2.45, 2.75) is 51.5 Å². The Bertz CT molecular complexity index is 518. The van der Waals surface area contributed by atoms with E-state index in [1.807, 2.05) is 6.07 Å². The van der Waals surface area contributed by atoms with Gasteiger partial charge in [-0.2, -0.15) is 0 Å². The normalized spacial score (nSPS) is 24.8. The van der Waals surface area contributed by atoms with Crippen LogP contribution >= 0.6 is 12.4 Å². The maximum atomic E-state index is 13.3. The highest BCUT2D eigenvalue weighted by molar-refractivity contribution is 5.85. The van der Waals surface area contributed by atoms with E-state index in [9.17, 15) is 4.79 Å². The smallest absolute Gasteiger partial charge is 0.226 e. The molecule has 0 saturated heterocycles. The van der Waals surface area contributed by atoms with Crippen molar-refractivity contribution in [1.82, 2.24) is 4.90 Å². The van der Waals surface area contributed by atoms with Crippen molar-refractivity contribution in [3.8, 4) is 0 Å². The van der Waals surface area contributed by atoms with Gasteiger partial charge >= 0.3 is 0 Å². The lowest BCUT2D eigenvalue weighted by atomic mass is 9.84. The van der Waals surface area contributed by atoms with Crippen LogP contribution in [-0.4, -0.2) is 23.9 Å². The van der Waals surface area contributed by atoms with Crippen LogP contribution in [0.5, 0.6) is 0 Å². The van der Waals surface area contributed by atoms with E-state index in [0.29, 0.717) is 24.3 Å². The molecule has 3 rings (SSSR count). The molecule has 0 spiro atoms. The second kappa shape index (κ2) is 8.87. The van der Waals surface area contributed by atoms with Crippen LogP contribution in [0.1, 0.15) is 57.1 Å². The summed E-state index contributed by atoms with van der Waals surface area (Å²) in [6.45, 7) is 3.74. The SMILES string of the molecule is CC(c1ccccc1)N(CC1CCC1)C(=O)[C@@H]1CCC[C@@H]1CN.Cl. The number of amides is 1. The second-order valence-corrected chi connectivity index (χ2v) is 7.41. The van der Waals surface area contributed by atoms with Crippen LogP contribution in [0, 0.1) is 17.8 Å². The van der Waals surface area contributed by atoms with Gasteiger partial charge in [0, 0.05) is 12.5 Å². The average molecular weight is 351 g/mol. The topological polar surface area (TPSA) is 46.3 Å². The van der Waals surface area contributed by atoms with Crippen LogP contribution in [0.25, 0.3) is 0 Å². The van der Waals surface area contributed by atoms with E-state index >= 15 is 0 Å². The zero-order chi connectivity index (χ0) is 16.2. The summed E-state index contributed by atoms with van der Waals surface area (Å²) in [6.07, 6.45) is 7.15. The summed E-state index contributed by atoms with van der Waals surface area (Å²) < 4.78 is 0. The number of nitrogens with two attached hydrogens (primary N) is 1. The molecule has 0 aromatic heterocycles. The molecule has 24 heavy (non-hydrogen) atoms. The van der Waals surface area contributed by atoms with Crippen molar-refractivity contribution in [3.05, 3.63) is 35.9 Å². The molecule has 1 amide bonds. The minimum absolute atomic E-state index is 0. The number of hydrogen-bond donors (Lipinski definition) is 1. The molecule has 2 aliphatic carbocycles. The zero-order valence-electron chi connectivity index (χ0n) is 14.7. The zero-order valence-corrected chi connectivity index (χ0v) is 15.5. The van der Waals surface area contributed by atoms with E-state index in [4.69, 9.17) is 5.73 Å². The molecule has 0 heterocycles. The highest BCUT2D eigenvalue weighted by Crippen LogP contribution is 2.36. The maximum absolute atomic E-state index is 13.3. The Morgan fingerprint density at radius 2 is 1.83 bits per heavy atom. The molecule has 134 valence electrons. The number of carbonyl (C=O) groups is 1. The molecule has 3 nitrogen and oxygen atoms in total. The number of halogens is 1. The van der Waals surface area contributed by atoms with Crippen molar-refractivity contribution < 1.29 is 4.79 Å². The van der Waals surface area contributed by atoms with Gasteiger partial charge in [-0.15, -0.1) is 12.4 Å². The van der Waals surface area contributed by atoms with Crippen LogP contribution in [0.15, 0.2) is 30.3 Å². The van der Waals surface area contributed by atoms with Gasteiger partial charge in [-0.25, -0.2) is 0 Å². The average Bonchev–Trinajstić information content (AvgIpc) is 3.02. The predicted octanol–water partition coefficient (Wildman–Crippen LogP) is 4.17. The lowest BCUT2D eigenvalue weighted by molar-refractivity contribution is -0.140. The van der Waals surface area contributed by atoms with Crippen molar-refractivity contribution in [2.24, 2.45) is 23.5 Å². The van der Waals surface area contributed by atoms with E-state index in [0.717, 1.165) is 25.8 Å². The Hall–Kier alpha value is -1.06. The third-order valence-corrected chi connectivity index (χ3v) is 5.99. The van der Waals surface area contributed by atoms with Crippen molar-refractivity contribution in [2.75, 3.05) is 13.1 Å². The molecule has 1 aromatic rings. The van der Waals surface area contributed by atoms with Gasteiger partial charge in [0.05, 0.1) is 6.04 Å². The van der Waals surface area contributed by atoms with Gasteiger partial charge in [0.15, 0.2) is 0 Å². The van der Waals surface area contributed by atoms with Gasteiger partial charge in [-0.3, -0.25) is 4.79 Å². The summed E-state index contributed by atoms with van der Waals surface area (Å²) in [5.74, 6) is 1.57. The Morgan fingerprint density at radius 3 is 2.42 bits per heavy atom. The molecule has 4 heteroatoms. The second-order valence-electron chi connectivity index (χ2n) is 7.41. The molecule has 2 saturated carbocycles. The first-order chi connectivity index (χ1) is 11.2. The molecule has 0 radical (unpaired) electrons. The summed E-state index contributed by atoms with van der Waals surface area (Å²) in [4.78, 5) is 15.4. The molecule has 0 aliphatic heterocycles. The number of carbonyl (C=O) groups excluding carboxylic acids is 1. The monoisotopic (exact) mass is 350 g/mol. The fraction of sp³-hybridized carbons (Fsp3) is 0.650. The third kappa shape index (κ3) is 4.12. The summed E-state index contributed by atoms with van der Waals surface area (Å²) >= 11 is 0. The number of rotatable bonds is 6. The van der Waals surface area contributed by atoms with E-state index in [1.54, 1.807) is 0 Å². The number of benzene rings is 1. The van der Waals surface area contributed by atoms with Crippen LogP contribution in [-0.2, 0) is 4.79 Å². The van der Waals surface area contributed by atoms with Crippen LogP contribution < -0.4 is 5.73 Å².